The van der Waals surface area contributed by atoms with Crippen molar-refractivity contribution in [2.24, 2.45) is 5.73 Å². The summed E-state index contributed by atoms with van der Waals surface area (Å²) >= 11 is 4.47. The van der Waals surface area contributed by atoms with Gasteiger partial charge in [-0.15, -0.1) is 0 Å². The number of rotatable bonds is 3. The molecule has 0 bridgehead atoms. The molecule has 0 aliphatic carbocycles. The molecule has 5 heteroatoms. The molecule has 0 aromatic carbocycles. The Morgan fingerprint density at radius 1 is 1.88 bits per heavy atom. The minimum atomic E-state index is -2.46. The van der Waals surface area contributed by atoms with E-state index in [4.69, 9.17) is 5.73 Å². The zero-order chi connectivity index (χ0) is 6.62. The van der Waals surface area contributed by atoms with Gasteiger partial charge in [0.2, 0.25) is 0 Å². The van der Waals surface area contributed by atoms with Crippen molar-refractivity contribution in [1.29, 1.82) is 0 Å². The van der Waals surface area contributed by atoms with Gasteiger partial charge in [-0.05, 0) is 0 Å². The fourth-order valence-corrected chi connectivity index (χ4v) is 0.972. The summed E-state index contributed by atoms with van der Waals surface area (Å²) in [6, 6.07) is 0. The first-order valence-electron chi connectivity index (χ1n) is 2.11. The Morgan fingerprint density at radius 3 is 2.50 bits per heavy atom. The fraction of sp³-hybridized carbons (Fsp3) is 1.00. The van der Waals surface area contributed by atoms with E-state index >= 15 is 0 Å². The van der Waals surface area contributed by atoms with E-state index in [1.54, 1.807) is 0 Å². The second-order valence-electron chi connectivity index (χ2n) is 1.22. The molecule has 0 aliphatic rings. The lowest BCUT2D eigenvalue weighted by molar-refractivity contribution is 0.444. The predicted molar refractivity (Wildman–Crippen MR) is 36.4 cm³/mol. The van der Waals surface area contributed by atoms with Crippen LogP contribution in [0.15, 0.2) is 0 Å². The van der Waals surface area contributed by atoms with Gasteiger partial charge in [-0.25, -0.2) is 4.21 Å². The lowest BCUT2D eigenvalue weighted by Crippen LogP contribution is -2.15. The van der Waals surface area contributed by atoms with Gasteiger partial charge in [0.25, 0.3) is 0 Å². The second kappa shape index (κ2) is 3.34. The molecule has 0 saturated carbocycles. The van der Waals surface area contributed by atoms with Crippen LogP contribution in [0, 0.1) is 0 Å². The van der Waals surface area contributed by atoms with E-state index in [0.717, 1.165) is 0 Å². The maximum absolute atomic E-state index is 10.7. The zero-order valence-corrected chi connectivity index (χ0v) is 6.26. The molecule has 1 atom stereocenters. The molecule has 0 aliphatic heterocycles. The third kappa shape index (κ3) is 3.31. The third-order valence-corrected chi connectivity index (χ3v) is 2.77. The Morgan fingerprint density at radius 2 is 2.38 bits per heavy atom. The van der Waals surface area contributed by atoms with Crippen LogP contribution in [0.3, 0.4) is 0 Å². The summed E-state index contributed by atoms with van der Waals surface area (Å²) in [5.41, 5.74) is 5.06. The SMILES string of the molecule is COS(=O)(=S)CCN. The molecule has 0 rings (SSSR count). The van der Waals surface area contributed by atoms with Gasteiger partial charge in [-0.3, -0.25) is 4.18 Å². The summed E-state index contributed by atoms with van der Waals surface area (Å²) in [4.78, 5) is 0. The highest BCUT2D eigenvalue weighted by molar-refractivity contribution is 8.30. The molecule has 3 nitrogen and oxygen atoms in total. The van der Waals surface area contributed by atoms with Crippen LogP contribution in [-0.4, -0.2) is 23.6 Å². The summed E-state index contributed by atoms with van der Waals surface area (Å²) in [7, 11) is -1.14. The summed E-state index contributed by atoms with van der Waals surface area (Å²) in [5, 5.41) is 0. The van der Waals surface area contributed by atoms with Crippen molar-refractivity contribution in [2.75, 3.05) is 19.4 Å². The van der Waals surface area contributed by atoms with Gasteiger partial charge in [0, 0.05) is 17.7 Å². The number of hydrogen-bond acceptors (Lipinski definition) is 4. The number of nitrogens with two attached hydrogens (primary N) is 1. The molecule has 2 N–H and O–H groups in total. The largest absolute Gasteiger partial charge is 0.329 e. The summed E-state index contributed by atoms with van der Waals surface area (Å²) in [6.07, 6.45) is 0. The van der Waals surface area contributed by atoms with Crippen molar-refractivity contribution in [1.82, 2.24) is 0 Å². The van der Waals surface area contributed by atoms with Crippen LogP contribution in [0.5, 0.6) is 0 Å². The second-order valence-corrected chi connectivity index (χ2v) is 4.60. The highest BCUT2D eigenvalue weighted by atomic mass is 32.8. The molecule has 0 fully saturated rings. The quantitative estimate of drug-likeness (QED) is 0.583. The Hall–Kier alpha value is 0.290. The monoisotopic (exact) mass is 155 g/mol. The topological polar surface area (TPSA) is 52.3 Å². The van der Waals surface area contributed by atoms with E-state index in [0.29, 0.717) is 6.54 Å². The number of hydrogen-bond donors (Lipinski definition) is 1. The van der Waals surface area contributed by atoms with Crippen LogP contribution < -0.4 is 5.73 Å². The average Bonchev–Trinajstić information content (AvgIpc) is 1.67. The van der Waals surface area contributed by atoms with Crippen LogP contribution in [0.1, 0.15) is 0 Å². The molecule has 50 valence electrons. The van der Waals surface area contributed by atoms with Gasteiger partial charge in [0.05, 0.1) is 12.9 Å². The molecule has 0 heterocycles. The van der Waals surface area contributed by atoms with Crippen LogP contribution >= 0.6 is 0 Å². The Bertz CT molecular complexity index is 139. The summed E-state index contributed by atoms with van der Waals surface area (Å²) in [5.74, 6) is 0.263. The van der Waals surface area contributed by atoms with Crippen molar-refractivity contribution >= 4 is 20.0 Å². The van der Waals surface area contributed by atoms with E-state index in [1.165, 1.54) is 7.11 Å². The Balaban J connectivity index is 3.76. The van der Waals surface area contributed by atoms with Gasteiger partial charge < -0.3 is 5.73 Å². The van der Waals surface area contributed by atoms with Crippen LogP contribution in [-0.2, 0) is 24.1 Å². The molecule has 0 radical (unpaired) electrons. The van der Waals surface area contributed by atoms with Crippen molar-refractivity contribution in [2.45, 2.75) is 0 Å². The molecule has 0 aromatic rings. The normalized spacial score (nSPS) is 17.8. The summed E-state index contributed by atoms with van der Waals surface area (Å²) in [6.45, 7) is 0.316. The molecule has 0 aromatic heterocycles. The van der Waals surface area contributed by atoms with Gasteiger partial charge >= 0.3 is 0 Å². The molecule has 8 heavy (non-hydrogen) atoms. The van der Waals surface area contributed by atoms with E-state index in [9.17, 15) is 4.21 Å². The Kier molecular flexibility index (Phi) is 3.46. The van der Waals surface area contributed by atoms with E-state index in [2.05, 4.69) is 15.4 Å². The maximum Gasteiger partial charge on any atom is 0.145 e. The molecule has 0 saturated heterocycles. The van der Waals surface area contributed by atoms with E-state index < -0.39 is 8.77 Å². The van der Waals surface area contributed by atoms with Crippen molar-refractivity contribution < 1.29 is 8.39 Å². The predicted octanol–water partition coefficient (Wildman–Crippen LogP) is -0.747. The van der Waals surface area contributed by atoms with Crippen LogP contribution in [0.4, 0.5) is 0 Å². The summed E-state index contributed by atoms with van der Waals surface area (Å²) < 4.78 is 15.1. The Labute approximate surface area is 54.1 Å². The first-order chi connectivity index (χ1) is 3.62. The van der Waals surface area contributed by atoms with E-state index in [-0.39, 0.29) is 5.75 Å². The minimum Gasteiger partial charge on any atom is -0.329 e. The lowest BCUT2D eigenvalue weighted by Gasteiger charge is -1.98. The molecule has 1 unspecified atom stereocenters. The van der Waals surface area contributed by atoms with Crippen molar-refractivity contribution in [3.8, 4) is 0 Å². The zero-order valence-electron chi connectivity index (χ0n) is 4.62. The van der Waals surface area contributed by atoms with Crippen LogP contribution in [0.25, 0.3) is 0 Å². The molecular formula is C3H9NO2S2. The van der Waals surface area contributed by atoms with Crippen LogP contribution in [0.2, 0.25) is 0 Å². The van der Waals surface area contributed by atoms with E-state index in [1.807, 2.05) is 0 Å². The highest BCUT2D eigenvalue weighted by Gasteiger charge is 1.98. The maximum atomic E-state index is 10.7. The molecule has 0 spiro atoms. The van der Waals surface area contributed by atoms with Crippen molar-refractivity contribution in [3.63, 3.8) is 0 Å². The lowest BCUT2D eigenvalue weighted by atomic mass is 10.8. The smallest absolute Gasteiger partial charge is 0.145 e. The fourth-order valence-electron chi connectivity index (χ4n) is 0.228. The third-order valence-electron chi connectivity index (χ3n) is 0.622. The standard InChI is InChI=1S/C3H9NO2S2/c1-6-8(5,7)3-2-4/h2-4H2,1H3. The van der Waals surface area contributed by atoms with Crippen molar-refractivity contribution in [3.05, 3.63) is 0 Å². The van der Waals surface area contributed by atoms with Gasteiger partial charge in [-0.1, -0.05) is 0 Å². The van der Waals surface area contributed by atoms with Gasteiger partial charge in [0.15, 0.2) is 0 Å². The highest BCUT2D eigenvalue weighted by Crippen LogP contribution is 1.86. The molecule has 0 amide bonds. The molecular weight excluding hydrogens is 146 g/mol. The van der Waals surface area contributed by atoms with Gasteiger partial charge in [-0.2, -0.15) is 0 Å². The first-order valence-corrected chi connectivity index (χ1v) is 4.68. The van der Waals surface area contributed by atoms with Gasteiger partial charge in [0.1, 0.15) is 8.77 Å². The average molecular weight is 155 g/mol. The first kappa shape index (κ1) is 8.29. The minimum absolute atomic E-state index is 0.263.